The number of rotatable bonds is 5. The molecular weight excluding hydrogens is 317 g/mol. The molecule has 0 saturated carbocycles. The van der Waals surface area contributed by atoms with E-state index in [0.717, 1.165) is 12.1 Å². The molecule has 0 aliphatic heterocycles. The van der Waals surface area contributed by atoms with E-state index in [-0.39, 0.29) is 10.7 Å². The molecule has 4 nitrogen and oxygen atoms in total. The van der Waals surface area contributed by atoms with Crippen LogP contribution in [-0.2, 0) is 10.0 Å². The largest absolute Gasteiger partial charge is 0.494 e. The van der Waals surface area contributed by atoms with E-state index in [2.05, 4.69) is 4.72 Å². The highest BCUT2D eigenvalue weighted by atomic mass is 35.5. The zero-order valence-corrected chi connectivity index (χ0v) is 12.7. The number of halogens is 2. The minimum absolute atomic E-state index is 0.129. The lowest BCUT2D eigenvalue weighted by molar-refractivity contribution is 0.340. The summed E-state index contributed by atoms with van der Waals surface area (Å²) in [7, 11) is -4.03. The van der Waals surface area contributed by atoms with Gasteiger partial charge in [-0.2, -0.15) is 0 Å². The maximum absolute atomic E-state index is 13.7. The van der Waals surface area contributed by atoms with Crippen molar-refractivity contribution in [2.75, 3.05) is 11.3 Å². The molecule has 2 aromatic carbocycles. The van der Waals surface area contributed by atoms with Gasteiger partial charge < -0.3 is 4.74 Å². The van der Waals surface area contributed by atoms with Gasteiger partial charge in [-0.25, -0.2) is 12.8 Å². The van der Waals surface area contributed by atoms with Crippen LogP contribution in [0.25, 0.3) is 0 Å². The Morgan fingerprint density at radius 3 is 2.67 bits per heavy atom. The van der Waals surface area contributed by atoms with Gasteiger partial charge in [-0.1, -0.05) is 17.7 Å². The van der Waals surface area contributed by atoms with Crippen LogP contribution in [0.3, 0.4) is 0 Å². The molecule has 0 spiro atoms. The summed E-state index contributed by atoms with van der Waals surface area (Å²) < 4.78 is 45.6. The second-order valence-electron chi connectivity index (χ2n) is 4.14. The van der Waals surface area contributed by atoms with E-state index < -0.39 is 20.7 Å². The third-order valence-electron chi connectivity index (χ3n) is 2.58. The Balaban J connectivity index is 2.31. The minimum Gasteiger partial charge on any atom is -0.494 e. The van der Waals surface area contributed by atoms with E-state index >= 15 is 0 Å². The Morgan fingerprint density at radius 1 is 1.24 bits per heavy atom. The molecule has 0 unspecified atom stereocenters. The van der Waals surface area contributed by atoms with E-state index in [4.69, 9.17) is 16.3 Å². The Bertz CT molecular complexity index is 750. The Labute approximate surface area is 127 Å². The fourth-order valence-corrected chi connectivity index (χ4v) is 2.99. The zero-order chi connectivity index (χ0) is 15.5. The fraction of sp³-hybridized carbons (Fsp3) is 0.143. The van der Waals surface area contributed by atoms with Gasteiger partial charge in [0.15, 0.2) is 0 Å². The van der Waals surface area contributed by atoms with Gasteiger partial charge in [0.25, 0.3) is 10.0 Å². The first-order valence-electron chi connectivity index (χ1n) is 6.13. The molecule has 0 amide bonds. The predicted molar refractivity (Wildman–Crippen MR) is 79.8 cm³/mol. The van der Waals surface area contributed by atoms with E-state index in [1.807, 2.05) is 6.92 Å². The van der Waals surface area contributed by atoms with Crippen LogP contribution >= 0.6 is 11.6 Å². The third-order valence-corrected chi connectivity index (χ3v) is 4.23. The molecule has 0 aliphatic rings. The van der Waals surface area contributed by atoms with Crippen LogP contribution in [0.4, 0.5) is 10.1 Å². The van der Waals surface area contributed by atoms with Gasteiger partial charge in [-0.15, -0.1) is 0 Å². The number of hydrogen-bond acceptors (Lipinski definition) is 3. The molecule has 21 heavy (non-hydrogen) atoms. The van der Waals surface area contributed by atoms with Crippen LogP contribution in [0.15, 0.2) is 47.4 Å². The molecule has 7 heteroatoms. The van der Waals surface area contributed by atoms with Gasteiger partial charge in [0.2, 0.25) is 0 Å². The summed E-state index contributed by atoms with van der Waals surface area (Å²) in [6.07, 6.45) is 0. The van der Waals surface area contributed by atoms with Crippen LogP contribution in [0.1, 0.15) is 6.92 Å². The van der Waals surface area contributed by atoms with Crippen molar-refractivity contribution in [1.82, 2.24) is 0 Å². The predicted octanol–water partition coefficient (Wildman–Crippen LogP) is 3.68. The first-order chi connectivity index (χ1) is 9.92. The summed E-state index contributed by atoms with van der Waals surface area (Å²) in [6, 6.07) is 9.79. The summed E-state index contributed by atoms with van der Waals surface area (Å²) in [5, 5.41) is 0.129. The lowest BCUT2D eigenvalue weighted by atomic mass is 10.3. The second-order valence-corrected chi connectivity index (χ2v) is 6.23. The van der Waals surface area contributed by atoms with Crippen molar-refractivity contribution in [1.29, 1.82) is 0 Å². The minimum atomic E-state index is -4.03. The van der Waals surface area contributed by atoms with Gasteiger partial charge in [-0.05, 0) is 37.3 Å². The molecule has 0 bridgehead atoms. The number of anilines is 1. The molecule has 0 saturated heterocycles. The summed E-state index contributed by atoms with van der Waals surface area (Å²) in [6.45, 7) is 2.28. The van der Waals surface area contributed by atoms with Crippen LogP contribution in [0.5, 0.6) is 5.75 Å². The Morgan fingerprint density at radius 2 is 2.00 bits per heavy atom. The number of hydrogen-bond donors (Lipinski definition) is 1. The third kappa shape index (κ3) is 3.86. The van der Waals surface area contributed by atoms with Crippen LogP contribution in [0, 0.1) is 5.82 Å². The highest BCUT2D eigenvalue weighted by Gasteiger charge is 2.19. The van der Waals surface area contributed by atoms with Crippen molar-refractivity contribution in [3.8, 4) is 5.75 Å². The summed E-state index contributed by atoms with van der Waals surface area (Å²) in [5.74, 6) is -0.384. The average Bonchev–Trinajstić information content (AvgIpc) is 2.38. The van der Waals surface area contributed by atoms with Crippen molar-refractivity contribution >= 4 is 27.3 Å². The summed E-state index contributed by atoms with van der Waals surface area (Å²) >= 11 is 5.61. The van der Waals surface area contributed by atoms with Gasteiger partial charge >= 0.3 is 0 Å². The molecule has 0 fully saturated rings. The number of nitrogens with one attached hydrogen (secondary N) is 1. The quantitative estimate of drug-likeness (QED) is 0.910. The molecule has 112 valence electrons. The monoisotopic (exact) mass is 329 g/mol. The summed E-state index contributed by atoms with van der Waals surface area (Å²) in [4.78, 5) is -0.464. The molecule has 2 aromatic rings. The molecule has 1 N–H and O–H groups in total. The number of ether oxygens (including phenoxy) is 1. The maximum atomic E-state index is 13.7. The van der Waals surface area contributed by atoms with Gasteiger partial charge in [0, 0.05) is 11.1 Å². The van der Waals surface area contributed by atoms with Crippen molar-refractivity contribution in [2.45, 2.75) is 11.8 Å². The first kappa shape index (κ1) is 15.6. The summed E-state index contributed by atoms with van der Waals surface area (Å²) in [5.41, 5.74) is 0.287. The topological polar surface area (TPSA) is 55.4 Å². The van der Waals surface area contributed by atoms with Crippen molar-refractivity contribution in [3.63, 3.8) is 0 Å². The standard InChI is InChI=1S/C14H13ClFNO3S/c1-2-20-12-5-3-4-11(9-12)17-21(18,19)14-7-6-10(15)8-13(14)16/h3-9,17H,2H2,1H3. The van der Waals surface area contributed by atoms with Crippen LogP contribution < -0.4 is 9.46 Å². The number of benzene rings is 2. The van der Waals surface area contributed by atoms with Gasteiger partial charge in [-0.3, -0.25) is 4.72 Å². The maximum Gasteiger partial charge on any atom is 0.264 e. The molecule has 0 atom stereocenters. The van der Waals surface area contributed by atoms with Crippen molar-refractivity contribution in [3.05, 3.63) is 53.3 Å². The van der Waals surface area contributed by atoms with Gasteiger partial charge in [0.05, 0.1) is 12.3 Å². The molecule has 0 aliphatic carbocycles. The van der Waals surface area contributed by atoms with E-state index in [0.29, 0.717) is 12.4 Å². The van der Waals surface area contributed by atoms with E-state index in [9.17, 15) is 12.8 Å². The lowest BCUT2D eigenvalue weighted by Gasteiger charge is -2.10. The van der Waals surface area contributed by atoms with Gasteiger partial charge in [0.1, 0.15) is 16.5 Å². The highest BCUT2D eigenvalue weighted by Crippen LogP contribution is 2.23. The smallest absolute Gasteiger partial charge is 0.264 e. The lowest BCUT2D eigenvalue weighted by Crippen LogP contribution is -2.14. The van der Waals surface area contributed by atoms with Crippen LogP contribution in [0.2, 0.25) is 5.02 Å². The second kappa shape index (κ2) is 6.32. The van der Waals surface area contributed by atoms with Crippen molar-refractivity contribution in [2.24, 2.45) is 0 Å². The highest BCUT2D eigenvalue weighted by molar-refractivity contribution is 7.92. The molecule has 0 heterocycles. The average molecular weight is 330 g/mol. The van der Waals surface area contributed by atoms with Crippen molar-refractivity contribution < 1.29 is 17.5 Å². The zero-order valence-electron chi connectivity index (χ0n) is 11.1. The Kier molecular flexibility index (Phi) is 4.69. The normalized spacial score (nSPS) is 11.2. The first-order valence-corrected chi connectivity index (χ1v) is 7.99. The van der Waals surface area contributed by atoms with E-state index in [1.165, 1.54) is 12.1 Å². The van der Waals surface area contributed by atoms with Crippen LogP contribution in [-0.4, -0.2) is 15.0 Å². The molecule has 0 aromatic heterocycles. The van der Waals surface area contributed by atoms with E-state index in [1.54, 1.807) is 18.2 Å². The fourth-order valence-electron chi connectivity index (χ4n) is 1.72. The number of sulfonamides is 1. The molecule has 2 rings (SSSR count). The SMILES string of the molecule is CCOc1cccc(NS(=O)(=O)c2ccc(Cl)cc2F)c1. The Hall–Kier alpha value is -1.79. The molecular formula is C14H13ClFNO3S. The molecule has 0 radical (unpaired) electrons.